The topological polar surface area (TPSA) is 53.1 Å². The van der Waals surface area contributed by atoms with Crippen molar-refractivity contribution < 1.29 is 9.90 Å². The number of nitrogens with one attached hydrogen (secondary N) is 1. The number of aromatic hydroxyl groups is 1. The highest BCUT2D eigenvalue weighted by Gasteiger charge is 2.09. The molecular formula is C29H47NO2. The Balaban J connectivity index is 1.36. The van der Waals surface area contributed by atoms with Gasteiger partial charge in [-0.3, -0.25) is 4.79 Å². The first-order valence-electron chi connectivity index (χ1n) is 13.5. The van der Waals surface area contributed by atoms with Gasteiger partial charge in [0, 0.05) is 29.9 Å². The van der Waals surface area contributed by atoms with Crippen molar-refractivity contribution in [2.45, 2.75) is 129 Å². The minimum atomic E-state index is 0.249. The maximum atomic E-state index is 12.3. The summed E-state index contributed by atoms with van der Waals surface area (Å²) in [6, 6.07) is 5.26. The van der Waals surface area contributed by atoms with Crippen LogP contribution in [0.25, 0.3) is 10.9 Å². The third-order valence-corrected chi connectivity index (χ3v) is 6.70. The van der Waals surface area contributed by atoms with Gasteiger partial charge >= 0.3 is 0 Å². The lowest BCUT2D eigenvalue weighted by molar-refractivity contribution is -0.118. The summed E-state index contributed by atoms with van der Waals surface area (Å²) in [5.74, 6) is 0.550. The fourth-order valence-corrected chi connectivity index (χ4v) is 4.66. The smallest absolute Gasteiger partial charge is 0.137 e. The molecule has 0 radical (unpaired) electrons. The van der Waals surface area contributed by atoms with Crippen molar-refractivity contribution in [2.75, 3.05) is 0 Å². The second-order valence-corrected chi connectivity index (χ2v) is 9.67. The van der Waals surface area contributed by atoms with Crippen LogP contribution in [0, 0.1) is 0 Å². The van der Waals surface area contributed by atoms with Gasteiger partial charge < -0.3 is 10.1 Å². The van der Waals surface area contributed by atoms with Crippen LogP contribution < -0.4 is 0 Å². The van der Waals surface area contributed by atoms with Gasteiger partial charge in [-0.2, -0.15) is 0 Å². The maximum absolute atomic E-state index is 12.3. The monoisotopic (exact) mass is 441 g/mol. The Bertz CT molecular complexity index is 749. The molecule has 2 rings (SSSR count). The van der Waals surface area contributed by atoms with Crippen molar-refractivity contribution in [2.24, 2.45) is 0 Å². The lowest BCUT2D eigenvalue weighted by Crippen LogP contribution is -2.02. The van der Waals surface area contributed by atoms with Gasteiger partial charge in [0.25, 0.3) is 0 Å². The average Bonchev–Trinajstić information content (AvgIpc) is 3.17. The van der Waals surface area contributed by atoms with Crippen molar-refractivity contribution >= 4 is 16.7 Å². The summed E-state index contributed by atoms with van der Waals surface area (Å²) in [6.45, 7) is 2.28. The van der Waals surface area contributed by atoms with Gasteiger partial charge in [-0.1, -0.05) is 110 Å². The number of hydrogen-bond donors (Lipinski definition) is 2. The van der Waals surface area contributed by atoms with Crippen LogP contribution in [-0.4, -0.2) is 15.9 Å². The average molecular weight is 442 g/mol. The Morgan fingerprint density at radius 1 is 0.750 bits per heavy atom. The molecule has 0 atom stereocenters. The molecule has 2 aromatic rings. The number of carbonyl (C=O) groups excluding carboxylic acids is 1. The van der Waals surface area contributed by atoms with Crippen LogP contribution in [0.15, 0.2) is 24.4 Å². The van der Waals surface area contributed by atoms with E-state index in [0.717, 1.165) is 22.9 Å². The Morgan fingerprint density at radius 3 is 1.78 bits per heavy atom. The molecule has 0 saturated carbocycles. The van der Waals surface area contributed by atoms with E-state index in [9.17, 15) is 9.90 Å². The first-order valence-corrected chi connectivity index (χ1v) is 13.5. The quantitative estimate of drug-likeness (QED) is 0.201. The number of unbranched alkanes of at least 4 members (excludes halogenated alkanes) is 16. The maximum Gasteiger partial charge on any atom is 0.137 e. The molecule has 1 aromatic carbocycles. The number of Topliss-reactive ketones (excluding diaryl/α,β-unsaturated/α-hetero) is 1. The Kier molecular flexibility index (Phi) is 13.9. The highest BCUT2D eigenvalue weighted by molar-refractivity contribution is 5.90. The normalized spacial score (nSPS) is 11.4. The van der Waals surface area contributed by atoms with E-state index in [0.29, 0.717) is 18.6 Å². The van der Waals surface area contributed by atoms with E-state index in [2.05, 4.69) is 11.9 Å². The molecule has 0 bridgehead atoms. The fourth-order valence-electron chi connectivity index (χ4n) is 4.66. The third kappa shape index (κ3) is 11.2. The molecule has 0 aliphatic heterocycles. The lowest BCUT2D eigenvalue weighted by Gasteiger charge is -2.04. The minimum absolute atomic E-state index is 0.249. The SMILES string of the molecule is CCCCCCCCCCCCCCCCCCCC(=O)Cc1c[nH]c2ccc(O)cc12. The van der Waals surface area contributed by atoms with Crippen LogP contribution in [0.1, 0.15) is 128 Å². The Hall–Kier alpha value is -1.77. The third-order valence-electron chi connectivity index (χ3n) is 6.70. The number of aromatic amines is 1. The number of H-pyrrole nitrogens is 1. The van der Waals surface area contributed by atoms with Crippen molar-refractivity contribution in [1.82, 2.24) is 4.98 Å². The van der Waals surface area contributed by atoms with Gasteiger partial charge in [0.05, 0.1) is 0 Å². The number of phenols is 1. The van der Waals surface area contributed by atoms with E-state index < -0.39 is 0 Å². The number of phenolic OH excluding ortho intramolecular Hbond substituents is 1. The summed E-state index contributed by atoms with van der Waals surface area (Å²) in [4.78, 5) is 15.5. The molecule has 32 heavy (non-hydrogen) atoms. The number of carbonyl (C=O) groups is 1. The summed E-state index contributed by atoms with van der Waals surface area (Å²) in [6.07, 6.45) is 26.1. The zero-order chi connectivity index (χ0) is 22.9. The fraction of sp³-hybridized carbons (Fsp3) is 0.690. The van der Waals surface area contributed by atoms with E-state index in [1.807, 2.05) is 12.3 Å². The first kappa shape index (κ1) is 26.5. The molecule has 0 fully saturated rings. The van der Waals surface area contributed by atoms with Crippen molar-refractivity contribution in [3.05, 3.63) is 30.0 Å². The Labute approximate surface area is 196 Å². The van der Waals surface area contributed by atoms with Gasteiger partial charge in [-0.05, 0) is 30.2 Å². The van der Waals surface area contributed by atoms with E-state index in [4.69, 9.17) is 0 Å². The molecule has 0 unspecified atom stereocenters. The van der Waals surface area contributed by atoms with Crippen molar-refractivity contribution in [3.8, 4) is 5.75 Å². The molecule has 0 aliphatic carbocycles. The van der Waals surface area contributed by atoms with Crippen LogP contribution >= 0.6 is 0 Å². The highest BCUT2D eigenvalue weighted by atomic mass is 16.3. The summed E-state index contributed by atoms with van der Waals surface area (Å²) in [5, 5.41) is 10.6. The predicted octanol–water partition coefficient (Wildman–Crippen LogP) is 9.03. The van der Waals surface area contributed by atoms with E-state index in [-0.39, 0.29) is 5.75 Å². The summed E-state index contributed by atoms with van der Waals surface area (Å²) in [5.41, 5.74) is 1.97. The van der Waals surface area contributed by atoms with E-state index in [1.165, 1.54) is 103 Å². The Morgan fingerprint density at radius 2 is 1.25 bits per heavy atom. The number of fused-ring (bicyclic) bond motifs is 1. The minimum Gasteiger partial charge on any atom is -0.508 e. The zero-order valence-corrected chi connectivity index (χ0v) is 20.6. The van der Waals surface area contributed by atoms with Gasteiger partial charge in [0.1, 0.15) is 11.5 Å². The van der Waals surface area contributed by atoms with Gasteiger partial charge in [-0.25, -0.2) is 0 Å². The molecule has 180 valence electrons. The summed E-state index contributed by atoms with van der Waals surface area (Å²) >= 11 is 0. The zero-order valence-electron chi connectivity index (χ0n) is 20.6. The molecule has 1 aromatic heterocycles. The molecule has 1 heterocycles. The molecule has 3 heteroatoms. The highest BCUT2D eigenvalue weighted by Crippen LogP contribution is 2.24. The van der Waals surface area contributed by atoms with Crippen LogP contribution in [0.5, 0.6) is 5.75 Å². The van der Waals surface area contributed by atoms with Crippen LogP contribution in [0.4, 0.5) is 0 Å². The van der Waals surface area contributed by atoms with Crippen molar-refractivity contribution in [3.63, 3.8) is 0 Å². The second kappa shape index (κ2) is 16.8. The van der Waals surface area contributed by atoms with Gasteiger partial charge in [-0.15, -0.1) is 0 Å². The largest absolute Gasteiger partial charge is 0.508 e. The molecule has 3 nitrogen and oxygen atoms in total. The molecule has 2 N–H and O–H groups in total. The second-order valence-electron chi connectivity index (χ2n) is 9.67. The van der Waals surface area contributed by atoms with Crippen LogP contribution in [0.2, 0.25) is 0 Å². The number of ketones is 1. The number of aromatic nitrogens is 1. The van der Waals surface area contributed by atoms with Gasteiger partial charge in [0.2, 0.25) is 0 Å². The van der Waals surface area contributed by atoms with E-state index >= 15 is 0 Å². The summed E-state index contributed by atoms with van der Waals surface area (Å²) < 4.78 is 0. The predicted molar refractivity (Wildman–Crippen MR) is 137 cm³/mol. The number of rotatable bonds is 20. The van der Waals surface area contributed by atoms with Gasteiger partial charge in [0.15, 0.2) is 0 Å². The molecule has 0 amide bonds. The molecular weight excluding hydrogens is 394 g/mol. The van der Waals surface area contributed by atoms with E-state index in [1.54, 1.807) is 12.1 Å². The molecule has 0 spiro atoms. The molecule has 0 saturated heterocycles. The number of hydrogen-bond acceptors (Lipinski definition) is 2. The molecule has 0 aliphatic rings. The standard InChI is InChI=1S/C29H47NO2/c1-2-3-4-5-6-7-8-9-10-11-12-13-14-15-16-17-18-19-26(31)22-25-24-30-29-21-20-27(32)23-28(25)29/h20-21,23-24,30,32H,2-19,22H2,1H3. The number of benzene rings is 1. The van der Waals surface area contributed by atoms with Crippen LogP contribution in [-0.2, 0) is 11.2 Å². The van der Waals surface area contributed by atoms with Crippen molar-refractivity contribution in [1.29, 1.82) is 0 Å². The lowest BCUT2D eigenvalue weighted by atomic mass is 10.0. The first-order chi connectivity index (χ1) is 15.7. The summed E-state index contributed by atoms with van der Waals surface area (Å²) in [7, 11) is 0. The van der Waals surface area contributed by atoms with Crippen LogP contribution in [0.3, 0.4) is 0 Å².